The van der Waals surface area contributed by atoms with Gasteiger partial charge in [0.25, 0.3) is 5.76 Å². The lowest BCUT2D eigenvalue weighted by Crippen LogP contribution is -2.08. The van der Waals surface area contributed by atoms with Gasteiger partial charge in [-0.25, -0.2) is 9.59 Å². The van der Waals surface area contributed by atoms with E-state index in [0.29, 0.717) is 15.4 Å². The second-order valence-electron chi connectivity index (χ2n) is 5.85. The van der Waals surface area contributed by atoms with E-state index in [0.717, 1.165) is 4.47 Å². The van der Waals surface area contributed by atoms with E-state index in [9.17, 15) is 19.5 Å². The Morgan fingerprint density at radius 2 is 1.70 bits per heavy atom. The topological polar surface area (TPSA) is 123 Å². The molecule has 30 heavy (non-hydrogen) atoms. The fourth-order valence-electron chi connectivity index (χ4n) is 2.29. The number of hydrogen-bond acceptors (Lipinski definition) is 7. The van der Waals surface area contributed by atoms with Crippen LogP contribution < -0.4 is 4.74 Å². The second-order valence-corrected chi connectivity index (χ2v) is 7.68. The number of carboxylic acids is 1. The maximum atomic E-state index is 11.1. The van der Waals surface area contributed by atoms with E-state index in [1.54, 1.807) is 24.3 Å². The minimum Gasteiger partial charge on any atom is -0.507 e. The largest absolute Gasteiger partial charge is 0.507 e. The van der Waals surface area contributed by atoms with Gasteiger partial charge in [0.2, 0.25) is 0 Å². The van der Waals surface area contributed by atoms with Crippen molar-refractivity contribution < 1.29 is 38.5 Å². The van der Waals surface area contributed by atoms with Crippen LogP contribution in [0.15, 0.2) is 49.8 Å². The number of benzene rings is 2. The van der Waals surface area contributed by atoms with Gasteiger partial charge in [0.1, 0.15) is 23.5 Å². The number of Topliss-reactive ketones (excluding diaryl/α,β-unsaturated/α-hetero) is 1. The zero-order valence-electron chi connectivity index (χ0n) is 15.8. The van der Waals surface area contributed by atoms with Gasteiger partial charge in [0, 0.05) is 8.95 Å². The van der Waals surface area contributed by atoms with Crippen molar-refractivity contribution in [2.75, 3.05) is 13.7 Å². The van der Waals surface area contributed by atoms with Gasteiger partial charge in [-0.15, -0.1) is 0 Å². The van der Waals surface area contributed by atoms with Crippen molar-refractivity contribution in [2.24, 2.45) is 0 Å². The molecule has 0 saturated carbocycles. The highest BCUT2D eigenvalue weighted by molar-refractivity contribution is 9.10. The first-order valence-corrected chi connectivity index (χ1v) is 9.87. The Hall–Kier alpha value is -2.85. The molecular formula is C20H16Br2O8. The zero-order valence-corrected chi connectivity index (χ0v) is 18.9. The molecule has 8 nitrogen and oxygen atoms in total. The van der Waals surface area contributed by atoms with Gasteiger partial charge in [-0.2, -0.15) is 0 Å². The molecule has 0 unspecified atom stereocenters. The van der Waals surface area contributed by atoms with E-state index in [-0.39, 0.29) is 35.2 Å². The summed E-state index contributed by atoms with van der Waals surface area (Å²) in [5, 5.41) is 18.8. The predicted molar refractivity (Wildman–Crippen MR) is 114 cm³/mol. The Balaban J connectivity index is 0.000000232. The molecule has 2 N–H and O–H groups in total. The third-order valence-electron chi connectivity index (χ3n) is 3.59. The normalized spacial score (nSPS) is 10.1. The van der Waals surface area contributed by atoms with Crippen LogP contribution in [0, 0.1) is 0 Å². The number of phenolic OH excluding ortho intramolecular Hbond substituents is 1. The number of fused-ring (bicyclic) bond motifs is 1. The van der Waals surface area contributed by atoms with E-state index in [4.69, 9.17) is 14.3 Å². The molecule has 1 aromatic heterocycles. The first-order chi connectivity index (χ1) is 14.1. The second kappa shape index (κ2) is 10.3. The number of phenols is 1. The van der Waals surface area contributed by atoms with E-state index in [2.05, 4.69) is 36.6 Å². The lowest BCUT2D eigenvalue weighted by molar-refractivity contribution is -0.118. The molecule has 10 heteroatoms. The van der Waals surface area contributed by atoms with E-state index in [1.165, 1.54) is 26.2 Å². The number of rotatable bonds is 5. The Kier molecular flexibility index (Phi) is 8.01. The molecule has 158 valence electrons. The summed E-state index contributed by atoms with van der Waals surface area (Å²) in [6, 6.07) is 9.64. The van der Waals surface area contributed by atoms with Crippen LogP contribution in [-0.2, 0) is 9.53 Å². The quantitative estimate of drug-likeness (QED) is 0.440. The molecule has 2 aromatic carbocycles. The average molecular weight is 544 g/mol. The van der Waals surface area contributed by atoms with Gasteiger partial charge in [-0.1, -0.05) is 31.9 Å². The van der Waals surface area contributed by atoms with Crippen LogP contribution in [0.25, 0.3) is 11.0 Å². The molecule has 0 aliphatic rings. The van der Waals surface area contributed by atoms with Crippen LogP contribution in [0.2, 0.25) is 0 Å². The smallest absolute Gasteiger partial charge is 0.375 e. The van der Waals surface area contributed by atoms with Crippen molar-refractivity contribution in [3.63, 3.8) is 0 Å². The number of carboxylic acid groups (broad SMARTS) is 1. The lowest BCUT2D eigenvalue weighted by atomic mass is 10.2. The Labute approximate surface area is 187 Å². The van der Waals surface area contributed by atoms with Crippen LogP contribution in [0.4, 0.5) is 0 Å². The monoisotopic (exact) mass is 542 g/mol. The minimum atomic E-state index is -1.24. The molecule has 0 aliphatic carbocycles. The zero-order chi connectivity index (χ0) is 22.4. The third kappa shape index (κ3) is 5.83. The number of ether oxygens (including phenoxy) is 2. The molecule has 0 aliphatic heterocycles. The molecule has 3 aromatic rings. The van der Waals surface area contributed by atoms with Crippen LogP contribution in [0.1, 0.15) is 27.8 Å². The molecular weight excluding hydrogens is 528 g/mol. The van der Waals surface area contributed by atoms with Crippen molar-refractivity contribution >= 4 is 60.6 Å². The molecule has 0 atom stereocenters. The van der Waals surface area contributed by atoms with E-state index in [1.807, 2.05) is 0 Å². The molecule has 0 saturated heterocycles. The number of carbonyl (C=O) groups is 3. The summed E-state index contributed by atoms with van der Waals surface area (Å²) >= 11 is 6.42. The van der Waals surface area contributed by atoms with Crippen molar-refractivity contribution in [1.82, 2.24) is 0 Å². The molecule has 3 rings (SSSR count). The van der Waals surface area contributed by atoms with E-state index < -0.39 is 11.9 Å². The van der Waals surface area contributed by atoms with Crippen LogP contribution in [0.3, 0.4) is 0 Å². The highest BCUT2D eigenvalue weighted by atomic mass is 79.9. The number of halogens is 2. The summed E-state index contributed by atoms with van der Waals surface area (Å²) in [4.78, 5) is 32.9. The van der Waals surface area contributed by atoms with Crippen molar-refractivity contribution in [3.8, 4) is 11.5 Å². The van der Waals surface area contributed by atoms with Crippen molar-refractivity contribution in [2.45, 2.75) is 6.92 Å². The number of furan rings is 1. The number of esters is 1. The maximum Gasteiger partial charge on any atom is 0.375 e. The molecule has 0 spiro atoms. The first kappa shape index (κ1) is 23.4. The van der Waals surface area contributed by atoms with Gasteiger partial charge in [0.05, 0.1) is 12.5 Å². The van der Waals surface area contributed by atoms with Crippen molar-refractivity contribution in [3.05, 3.63) is 56.7 Å². The summed E-state index contributed by atoms with van der Waals surface area (Å²) in [7, 11) is 1.27. The number of carbonyl (C=O) groups excluding carboxylic acids is 2. The summed E-state index contributed by atoms with van der Waals surface area (Å²) in [5.74, 6) is -2.28. The Morgan fingerprint density at radius 3 is 2.27 bits per heavy atom. The Bertz CT molecular complexity index is 1100. The summed E-state index contributed by atoms with van der Waals surface area (Å²) < 4.78 is 16.3. The maximum absolute atomic E-state index is 11.1. The van der Waals surface area contributed by atoms with Gasteiger partial charge in [0.15, 0.2) is 11.5 Å². The van der Waals surface area contributed by atoms with Gasteiger partial charge in [-0.05, 0) is 43.3 Å². The lowest BCUT2D eigenvalue weighted by Gasteiger charge is -2.02. The highest BCUT2D eigenvalue weighted by Gasteiger charge is 2.22. The number of hydrogen-bond donors (Lipinski definition) is 2. The summed E-state index contributed by atoms with van der Waals surface area (Å²) in [6.07, 6.45) is 0. The summed E-state index contributed by atoms with van der Waals surface area (Å²) in [5.41, 5.74) is 0.557. The highest BCUT2D eigenvalue weighted by Crippen LogP contribution is 2.34. The van der Waals surface area contributed by atoms with E-state index >= 15 is 0 Å². The first-order valence-electron chi connectivity index (χ1n) is 8.28. The predicted octanol–water partition coefficient (Wildman–Crippen LogP) is 4.80. The van der Waals surface area contributed by atoms with Crippen LogP contribution in [-0.4, -0.2) is 41.7 Å². The molecule has 0 fully saturated rings. The van der Waals surface area contributed by atoms with Gasteiger partial charge < -0.3 is 24.1 Å². The van der Waals surface area contributed by atoms with Crippen molar-refractivity contribution in [1.29, 1.82) is 0 Å². The standard InChI is InChI=1S/C12H9BrO5.C8H7BrO3/c1-6(14)5-17-10-8-3-2-7(13)4-9(8)18-11(10)12(15)16;1-12-8(11)6-3-2-5(9)4-7(6)10/h2-4H,5H2,1H3,(H,15,16);2-4,10H,1H3. The number of aromatic hydroxyl groups is 1. The average Bonchev–Trinajstić information content (AvgIpc) is 3.04. The number of ketones is 1. The van der Waals surface area contributed by atoms with Gasteiger partial charge in [-0.3, -0.25) is 4.79 Å². The third-order valence-corrected chi connectivity index (χ3v) is 4.57. The van der Waals surface area contributed by atoms with Gasteiger partial charge >= 0.3 is 11.9 Å². The molecule has 0 bridgehead atoms. The van der Waals surface area contributed by atoms with Crippen LogP contribution >= 0.6 is 31.9 Å². The number of methoxy groups -OCH3 is 1. The molecule has 0 amide bonds. The molecule has 0 radical (unpaired) electrons. The fraction of sp³-hybridized carbons (Fsp3) is 0.150. The fourth-order valence-corrected chi connectivity index (χ4v) is 2.98. The van der Waals surface area contributed by atoms with Crippen LogP contribution in [0.5, 0.6) is 11.5 Å². The Morgan fingerprint density at radius 1 is 1.07 bits per heavy atom. The molecule has 1 heterocycles. The number of aromatic carboxylic acids is 1. The summed E-state index contributed by atoms with van der Waals surface area (Å²) in [6.45, 7) is 1.17. The SMILES string of the molecule is CC(=O)COc1c(C(=O)O)oc2cc(Br)ccc12.COC(=O)c1ccc(Br)cc1O. The minimum absolute atomic E-state index is 0.0835.